The van der Waals surface area contributed by atoms with E-state index in [1.807, 2.05) is 30.3 Å². The first-order valence-electron chi connectivity index (χ1n) is 13.6. The van der Waals surface area contributed by atoms with Crippen molar-refractivity contribution < 1.29 is 19.1 Å². The molecule has 208 valence electrons. The van der Waals surface area contributed by atoms with Crippen LogP contribution in [-0.2, 0) is 19.6 Å². The Labute approximate surface area is 238 Å². The number of nitro groups is 1. The van der Waals surface area contributed by atoms with E-state index < -0.39 is 0 Å². The summed E-state index contributed by atoms with van der Waals surface area (Å²) >= 11 is 0. The molecule has 2 heterocycles. The maximum absolute atomic E-state index is 11.2. The van der Waals surface area contributed by atoms with E-state index in [1.165, 1.54) is 17.0 Å². The molecule has 1 atom stereocenters. The van der Waals surface area contributed by atoms with Crippen LogP contribution in [0.3, 0.4) is 0 Å². The molecule has 0 spiro atoms. The standard InChI is InChI=1S/C33H31N3O5/c1-21-16-25(10-12-30(21)36(37)38)41-20-24-17-23(8-13-31(24)39-2)32-33-27(14-15-34-32)28-18-26(9-11-29(28)35-33)40-19-22-6-4-3-5-7-22/h3-13,16-18,32,34-35H,14-15,19-20H2,1-2H3. The first kappa shape index (κ1) is 26.4. The lowest BCUT2D eigenvalue weighted by molar-refractivity contribution is -0.385. The molecular formula is C33H31N3O5. The Balaban J connectivity index is 1.25. The fourth-order valence-corrected chi connectivity index (χ4v) is 5.50. The lowest BCUT2D eigenvalue weighted by atomic mass is 9.93. The van der Waals surface area contributed by atoms with Gasteiger partial charge in [-0.15, -0.1) is 0 Å². The highest BCUT2D eigenvalue weighted by molar-refractivity contribution is 5.86. The highest BCUT2D eigenvalue weighted by atomic mass is 16.6. The predicted octanol–water partition coefficient (Wildman–Crippen LogP) is 6.79. The topological polar surface area (TPSA) is 98.7 Å². The van der Waals surface area contributed by atoms with Crippen LogP contribution in [0, 0.1) is 17.0 Å². The molecule has 8 nitrogen and oxygen atoms in total. The number of nitrogens with zero attached hydrogens (tertiary/aromatic N) is 1. The molecule has 0 bridgehead atoms. The maximum Gasteiger partial charge on any atom is 0.272 e. The van der Waals surface area contributed by atoms with Gasteiger partial charge in [-0.05, 0) is 72.5 Å². The SMILES string of the molecule is COc1ccc(C2NCCc3c2[nH]c2ccc(OCc4ccccc4)cc32)cc1COc1ccc([N+](=O)[O-])c(C)c1. The third-order valence-electron chi connectivity index (χ3n) is 7.57. The van der Waals surface area contributed by atoms with Crippen molar-refractivity contribution in [3.05, 3.63) is 129 Å². The molecule has 41 heavy (non-hydrogen) atoms. The second-order valence-corrected chi connectivity index (χ2v) is 10.2. The van der Waals surface area contributed by atoms with E-state index in [9.17, 15) is 10.1 Å². The van der Waals surface area contributed by atoms with Crippen LogP contribution in [0.5, 0.6) is 17.2 Å². The van der Waals surface area contributed by atoms with Gasteiger partial charge in [-0.2, -0.15) is 0 Å². The molecule has 0 radical (unpaired) electrons. The minimum atomic E-state index is -0.389. The summed E-state index contributed by atoms with van der Waals surface area (Å²) < 4.78 is 17.8. The molecule has 1 aliphatic heterocycles. The monoisotopic (exact) mass is 549 g/mol. The summed E-state index contributed by atoms with van der Waals surface area (Å²) in [5, 5.41) is 16.0. The zero-order valence-electron chi connectivity index (χ0n) is 23.0. The summed E-state index contributed by atoms with van der Waals surface area (Å²) in [4.78, 5) is 14.4. The molecule has 1 aromatic heterocycles. The van der Waals surface area contributed by atoms with Crippen molar-refractivity contribution in [2.75, 3.05) is 13.7 Å². The van der Waals surface area contributed by atoms with Gasteiger partial charge in [-0.1, -0.05) is 36.4 Å². The highest BCUT2D eigenvalue weighted by Gasteiger charge is 2.26. The lowest BCUT2D eigenvalue weighted by Gasteiger charge is -2.25. The predicted molar refractivity (Wildman–Crippen MR) is 158 cm³/mol. The van der Waals surface area contributed by atoms with E-state index in [-0.39, 0.29) is 23.3 Å². The van der Waals surface area contributed by atoms with Crippen molar-refractivity contribution in [1.82, 2.24) is 10.3 Å². The van der Waals surface area contributed by atoms with Gasteiger partial charge in [-0.25, -0.2) is 0 Å². The van der Waals surface area contributed by atoms with E-state index >= 15 is 0 Å². The fourth-order valence-electron chi connectivity index (χ4n) is 5.50. The Morgan fingerprint density at radius 1 is 0.927 bits per heavy atom. The van der Waals surface area contributed by atoms with E-state index in [2.05, 4.69) is 46.7 Å². The number of benzene rings is 4. The van der Waals surface area contributed by atoms with Crippen LogP contribution in [0.4, 0.5) is 5.69 Å². The van der Waals surface area contributed by atoms with Crippen LogP contribution < -0.4 is 19.5 Å². The third kappa shape index (κ3) is 5.47. The van der Waals surface area contributed by atoms with Gasteiger partial charge >= 0.3 is 0 Å². The number of aryl methyl sites for hydroxylation is 1. The molecular weight excluding hydrogens is 518 g/mol. The number of methoxy groups -OCH3 is 1. The van der Waals surface area contributed by atoms with Crippen LogP contribution in [-0.4, -0.2) is 23.6 Å². The summed E-state index contributed by atoms with van der Waals surface area (Å²) in [7, 11) is 1.64. The van der Waals surface area contributed by atoms with Gasteiger partial charge in [0.05, 0.1) is 18.1 Å². The largest absolute Gasteiger partial charge is 0.496 e. The third-order valence-corrected chi connectivity index (χ3v) is 7.57. The summed E-state index contributed by atoms with van der Waals surface area (Å²) in [6.07, 6.45) is 0.916. The second-order valence-electron chi connectivity index (χ2n) is 10.2. The Kier molecular flexibility index (Phi) is 7.31. The molecule has 0 amide bonds. The molecule has 1 aliphatic rings. The maximum atomic E-state index is 11.2. The number of nitrogens with one attached hydrogen (secondary N) is 2. The number of hydrogen-bond acceptors (Lipinski definition) is 6. The highest BCUT2D eigenvalue weighted by Crippen LogP contribution is 2.36. The van der Waals surface area contributed by atoms with Crippen molar-refractivity contribution in [3.63, 3.8) is 0 Å². The molecule has 1 unspecified atom stereocenters. The van der Waals surface area contributed by atoms with E-state index in [4.69, 9.17) is 14.2 Å². The average molecular weight is 550 g/mol. The van der Waals surface area contributed by atoms with Crippen molar-refractivity contribution in [3.8, 4) is 17.2 Å². The number of hydrogen-bond donors (Lipinski definition) is 2. The first-order valence-corrected chi connectivity index (χ1v) is 13.6. The normalized spacial score (nSPS) is 14.4. The van der Waals surface area contributed by atoms with Crippen molar-refractivity contribution >= 4 is 16.6 Å². The van der Waals surface area contributed by atoms with Crippen molar-refractivity contribution in [1.29, 1.82) is 0 Å². The minimum absolute atomic E-state index is 0.0221. The molecule has 5 aromatic rings. The van der Waals surface area contributed by atoms with E-state index in [0.29, 0.717) is 17.9 Å². The summed E-state index contributed by atoms with van der Waals surface area (Å²) in [5.74, 6) is 2.14. The van der Waals surface area contributed by atoms with Gasteiger partial charge in [0.15, 0.2) is 0 Å². The molecule has 2 N–H and O–H groups in total. The minimum Gasteiger partial charge on any atom is -0.496 e. The summed E-state index contributed by atoms with van der Waals surface area (Å²) in [6, 6.07) is 27.3. The number of ether oxygens (including phenoxy) is 3. The van der Waals surface area contributed by atoms with Gasteiger partial charge < -0.3 is 24.5 Å². The van der Waals surface area contributed by atoms with Gasteiger partial charge in [0, 0.05) is 40.3 Å². The van der Waals surface area contributed by atoms with Crippen LogP contribution >= 0.6 is 0 Å². The second kappa shape index (κ2) is 11.3. The Bertz CT molecular complexity index is 1710. The number of aromatic nitrogens is 1. The molecule has 0 fully saturated rings. The smallest absolute Gasteiger partial charge is 0.272 e. The number of rotatable bonds is 9. The van der Waals surface area contributed by atoms with Crippen LogP contribution in [0.2, 0.25) is 0 Å². The molecule has 0 saturated heterocycles. The number of fused-ring (bicyclic) bond motifs is 3. The lowest BCUT2D eigenvalue weighted by Crippen LogP contribution is -2.30. The number of nitro benzene ring substituents is 1. The summed E-state index contributed by atoms with van der Waals surface area (Å²) in [5.41, 5.74) is 7.28. The van der Waals surface area contributed by atoms with Gasteiger partial charge in [-0.3, -0.25) is 10.1 Å². The van der Waals surface area contributed by atoms with Gasteiger partial charge in [0.1, 0.15) is 30.5 Å². The quantitative estimate of drug-likeness (QED) is 0.155. The first-order chi connectivity index (χ1) is 20.0. The number of aromatic amines is 1. The average Bonchev–Trinajstić information content (AvgIpc) is 3.37. The zero-order chi connectivity index (χ0) is 28.3. The van der Waals surface area contributed by atoms with E-state index in [0.717, 1.165) is 52.4 Å². The van der Waals surface area contributed by atoms with Crippen molar-refractivity contribution in [2.24, 2.45) is 0 Å². The summed E-state index contributed by atoms with van der Waals surface area (Å²) in [6.45, 7) is 3.35. The van der Waals surface area contributed by atoms with E-state index in [1.54, 1.807) is 26.2 Å². The number of H-pyrrole nitrogens is 1. The van der Waals surface area contributed by atoms with Crippen LogP contribution in [0.25, 0.3) is 10.9 Å². The molecule has 6 rings (SSSR count). The Morgan fingerprint density at radius 2 is 1.71 bits per heavy atom. The molecule has 0 saturated carbocycles. The van der Waals surface area contributed by atoms with Gasteiger partial charge in [0.25, 0.3) is 5.69 Å². The van der Waals surface area contributed by atoms with Crippen LogP contribution in [0.15, 0.2) is 84.9 Å². The van der Waals surface area contributed by atoms with Crippen LogP contribution in [0.1, 0.15) is 39.6 Å². The molecule has 8 heteroatoms. The Hall–Kier alpha value is -4.82. The molecule has 4 aromatic carbocycles. The van der Waals surface area contributed by atoms with Crippen molar-refractivity contribution in [2.45, 2.75) is 32.6 Å². The molecule has 0 aliphatic carbocycles. The van der Waals surface area contributed by atoms with Gasteiger partial charge in [0.2, 0.25) is 0 Å². The zero-order valence-corrected chi connectivity index (χ0v) is 23.0. The Morgan fingerprint density at radius 3 is 2.49 bits per heavy atom. The fraction of sp³-hybridized carbons (Fsp3) is 0.212.